The average Bonchev–Trinajstić information content (AvgIpc) is 2.48. The van der Waals surface area contributed by atoms with Gasteiger partial charge in [0.25, 0.3) is 5.91 Å². The average molecular weight is 398 g/mol. The summed E-state index contributed by atoms with van der Waals surface area (Å²) in [6, 6.07) is 12.8. The first-order valence-corrected chi connectivity index (χ1v) is 7.22. The second kappa shape index (κ2) is 7.16. The summed E-state index contributed by atoms with van der Waals surface area (Å²) in [5.74, 6) is -1.61. The number of anilines is 1. The summed E-state index contributed by atoms with van der Waals surface area (Å²) < 4.78 is 14.4. The molecule has 0 spiro atoms. The maximum absolute atomic E-state index is 13.4. The summed E-state index contributed by atoms with van der Waals surface area (Å²) in [6.07, 6.45) is 0. The fraction of sp³-hybridized carbons (Fsp3) is 0.0667. The van der Waals surface area contributed by atoms with E-state index in [-0.39, 0.29) is 18.0 Å². The van der Waals surface area contributed by atoms with Crippen LogP contribution in [0.4, 0.5) is 10.1 Å². The highest BCUT2D eigenvalue weighted by molar-refractivity contribution is 14.1. The van der Waals surface area contributed by atoms with Gasteiger partial charge in [0.2, 0.25) is 5.91 Å². The lowest BCUT2D eigenvalue weighted by molar-refractivity contribution is -0.115. The topological polar surface area (TPSA) is 58.2 Å². The van der Waals surface area contributed by atoms with Gasteiger partial charge in [0.1, 0.15) is 5.82 Å². The zero-order valence-electron chi connectivity index (χ0n) is 10.9. The zero-order valence-corrected chi connectivity index (χ0v) is 13.1. The number of hydrogen-bond acceptors (Lipinski definition) is 2. The van der Waals surface area contributed by atoms with Gasteiger partial charge in [-0.2, -0.15) is 0 Å². The predicted octanol–water partition coefficient (Wildman–Crippen LogP) is 2.80. The Morgan fingerprint density at radius 3 is 2.38 bits per heavy atom. The molecule has 21 heavy (non-hydrogen) atoms. The Labute approximate surface area is 134 Å². The molecule has 0 radical (unpaired) electrons. The van der Waals surface area contributed by atoms with E-state index in [1.807, 2.05) is 12.1 Å². The van der Waals surface area contributed by atoms with Crippen LogP contribution in [0.25, 0.3) is 0 Å². The van der Waals surface area contributed by atoms with Crippen LogP contribution in [0.15, 0.2) is 48.5 Å². The molecule has 0 aromatic heterocycles. The molecule has 0 saturated carbocycles. The highest BCUT2D eigenvalue weighted by Gasteiger charge is 2.11. The molecule has 0 atom stereocenters. The lowest BCUT2D eigenvalue weighted by Gasteiger charge is -2.07. The third-order valence-corrected chi connectivity index (χ3v) is 3.38. The van der Waals surface area contributed by atoms with Gasteiger partial charge < -0.3 is 10.6 Å². The van der Waals surface area contributed by atoms with E-state index < -0.39 is 11.7 Å². The Hall–Kier alpha value is -1.96. The summed E-state index contributed by atoms with van der Waals surface area (Å²) in [5, 5.41) is 5.02. The predicted molar refractivity (Wildman–Crippen MR) is 86.5 cm³/mol. The van der Waals surface area contributed by atoms with Crippen LogP contribution in [0.5, 0.6) is 0 Å². The van der Waals surface area contributed by atoms with Crippen LogP contribution >= 0.6 is 22.6 Å². The number of halogens is 2. The van der Waals surface area contributed by atoms with Gasteiger partial charge >= 0.3 is 0 Å². The van der Waals surface area contributed by atoms with Gasteiger partial charge in [-0.05, 0) is 59.0 Å². The molecule has 2 aromatic carbocycles. The summed E-state index contributed by atoms with van der Waals surface area (Å²) in [6.45, 7) is -0.223. The second-order valence-corrected chi connectivity index (χ2v) is 5.46. The van der Waals surface area contributed by atoms with Crippen LogP contribution in [0.1, 0.15) is 10.4 Å². The van der Waals surface area contributed by atoms with Gasteiger partial charge in [0, 0.05) is 9.26 Å². The van der Waals surface area contributed by atoms with Crippen LogP contribution in [0.2, 0.25) is 0 Å². The number of carbonyl (C=O) groups is 2. The molecule has 2 N–H and O–H groups in total. The third-order valence-electron chi connectivity index (χ3n) is 2.66. The molecule has 0 bridgehead atoms. The minimum atomic E-state index is -0.620. The molecule has 4 nitrogen and oxygen atoms in total. The highest BCUT2D eigenvalue weighted by Crippen LogP contribution is 2.11. The molecule has 0 saturated heterocycles. The molecule has 0 heterocycles. The van der Waals surface area contributed by atoms with Crippen molar-refractivity contribution in [1.29, 1.82) is 0 Å². The first kappa shape index (κ1) is 15.4. The number of amides is 2. The van der Waals surface area contributed by atoms with Crippen molar-refractivity contribution in [2.45, 2.75) is 0 Å². The SMILES string of the molecule is O=C(CNC(=O)c1ccccc1F)Nc1ccc(I)cc1. The summed E-state index contributed by atoms with van der Waals surface area (Å²) >= 11 is 2.16. The van der Waals surface area contributed by atoms with Crippen molar-refractivity contribution in [3.63, 3.8) is 0 Å². The monoisotopic (exact) mass is 398 g/mol. The quantitative estimate of drug-likeness (QED) is 0.779. The smallest absolute Gasteiger partial charge is 0.254 e. The summed E-state index contributed by atoms with van der Waals surface area (Å²) in [5.41, 5.74) is 0.556. The molecule has 108 valence electrons. The maximum Gasteiger partial charge on any atom is 0.254 e. The Morgan fingerprint density at radius 1 is 1.05 bits per heavy atom. The first-order valence-electron chi connectivity index (χ1n) is 6.14. The Morgan fingerprint density at radius 2 is 1.71 bits per heavy atom. The molecule has 2 amide bonds. The molecular weight excluding hydrogens is 386 g/mol. The molecule has 0 aliphatic carbocycles. The van der Waals surface area contributed by atoms with E-state index in [4.69, 9.17) is 0 Å². The fourth-order valence-electron chi connectivity index (χ4n) is 1.64. The van der Waals surface area contributed by atoms with Gasteiger partial charge in [-0.15, -0.1) is 0 Å². The van der Waals surface area contributed by atoms with Crippen LogP contribution < -0.4 is 10.6 Å². The second-order valence-electron chi connectivity index (χ2n) is 4.22. The standard InChI is InChI=1S/C15H12FIN2O2/c16-13-4-2-1-3-12(13)15(21)18-9-14(20)19-11-7-5-10(17)6-8-11/h1-8H,9H2,(H,18,21)(H,19,20). The first-order chi connectivity index (χ1) is 10.1. The number of hydrogen-bond donors (Lipinski definition) is 2. The molecule has 2 rings (SSSR count). The Bertz CT molecular complexity index is 659. The summed E-state index contributed by atoms with van der Waals surface area (Å²) in [4.78, 5) is 23.4. The number of benzene rings is 2. The minimum Gasteiger partial charge on any atom is -0.343 e. The van der Waals surface area contributed by atoms with Gasteiger partial charge in [-0.25, -0.2) is 4.39 Å². The van der Waals surface area contributed by atoms with Gasteiger partial charge in [-0.3, -0.25) is 9.59 Å². The minimum absolute atomic E-state index is 0.0837. The van der Waals surface area contributed by atoms with Crippen molar-refractivity contribution in [2.24, 2.45) is 0 Å². The molecule has 6 heteroatoms. The number of rotatable bonds is 4. The molecule has 0 aliphatic rings. The molecule has 0 aliphatic heterocycles. The van der Waals surface area contributed by atoms with Gasteiger partial charge in [0.05, 0.1) is 12.1 Å². The van der Waals surface area contributed by atoms with E-state index in [9.17, 15) is 14.0 Å². The fourth-order valence-corrected chi connectivity index (χ4v) is 2.00. The molecule has 0 fully saturated rings. The summed E-state index contributed by atoms with van der Waals surface area (Å²) in [7, 11) is 0. The van der Waals surface area contributed by atoms with Crippen LogP contribution in [0, 0.1) is 9.39 Å². The van der Waals surface area contributed by atoms with Crippen molar-refractivity contribution in [1.82, 2.24) is 5.32 Å². The van der Waals surface area contributed by atoms with Gasteiger partial charge in [0.15, 0.2) is 0 Å². The lowest BCUT2D eigenvalue weighted by atomic mass is 10.2. The zero-order chi connectivity index (χ0) is 15.2. The van der Waals surface area contributed by atoms with Crippen molar-refractivity contribution >= 4 is 40.1 Å². The lowest BCUT2D eigenvalue weighted by Crippen LogP contribution is -2.33. The van der Waals surface area contributed by atoms with E-state index in [0.29, 0.717) is 5.69 Å². The van der Waals surface area contributed by atoms with Crippen molar-refractivity contribution in [2.75, 3.05) is 11.9 Å². The van der Waals surface area contributed by atoms with Crippen LogP contribution in [-0.4, -0.2) is 18.4 Å². The Kier molecular flexibility index (Phi) is 5.26. The number of carbonyl (C=O) groups excluding carboxylic acids is 2. The highest BCUT2D eigenvalue weighted by atomic mass is 127. The number of nitrogens with one attached hydrogen (secondary N) is 2. The van der Waals surface area contributed by atoms with E-state index in [1.165, 1.54) is 18.2 Å². The van der Waals surface area contributed by atoms with E-state index in [0.717, 1.165) is 3.57 Å². The van der Waals surface area contributed by atoms with E-state index in [1.54, 1.807) is 18.2 Å². The maximum atomic E-state index is 13.4. The molecule has 0 unspecified atom stereocenters. The normalized spacial score (nSPS) is 10.0. The van der Waals surface area contributed by atoms with Gasteiger partial charge in [-0.1, -0.05) is 12.1 Å². The molecule has 2 aromatic rings. The van der Waals surface area contributed by atoms with Crippen LogP contribution in [0.3, 0.4) is 0 Å². The van der Waals surface area contributed by atoms with E-state index in [2.05, 4.69) is 33.2 Å². The third kappa shape index (κ3) is 4.52. The van der Waals surface area contributed by atoms with E-state index >= 15 is 0 Å². The largest absolute Gasteiger partial charge is 0.343 e. The van der Waals surface area contributed by atoms with Crippen LogP contribution in [-0.2, 0) is 4.79 Å². The van der Waals surface area contributed by atoms with Crippen molar-refractivity contribution in [3.05, 3.63) is 63.5 Å². The molecular formula is C15H12FIN2O2. The van der Waals surface area contributed by atoms with Crippen molar-refractivity contribution < 1.29 is 14.0 Å². The Balaban J connectivity index is 1.88. The van der Waals surface area contributed by atoms with Crippen molar-refractivity contribution in [3.8, 4) is 0 Å².